The van der Waals surface area contributed by atoms with Crippen molar-refractivity contribution in [2.75, 3.05) is 0 Å². The predicted molar refractivity (Wildman–Crippen MR) is 67.8 cm³/mol. The van der Waals surface area contributed by atoms with E-state index in [2.05, 4.69) is 32.6 Å². The molecule has 0 aliphatic heterocycles. The van der Waals surface area contributed by atoms with Crippen LogP contribution in [-0.2, 0) is 0 Å². The Labute approximate surface area is 100 Å². The van der Waals surface area contributed by atoms with E-state index in [1.165, 1.54) is 0 Å². The molecule has 0 aliphatic carbocycles. The minimum atomic E-state index is -0.599. The summed E-state index contributed by atoms with van der Waals surface area (Å²) in [4.78, 5) is 0. The molecular weight excluding hydrogens is 200 g/mol. The molecule has 5 unspecified atom stereocenters. The van der Waals surface area contributed by atoms with Gasteiger partial charge in [-0.2, -0.15) is 0 Å². The molecule has 0 saturated heterocycles. The number of aliphatic hydroxyl groups is 2. The molecule has 0 bridgehead atoms. The number of aliphatic hydroxyl groups excluding tert-OH is 2. The Hall–Kier alpha value is -0.520. The third-order valence-corrected chi connectivity index (χ3v) is 3.56. The summed E-state index contributed by atoms with van der Waals surface area (Å²) in [6.07, 6.45) is -1.05. The van der Waals surface area contributed by atoms with Gasteiger partial charge in [0.15, 0.2) is 0 Å². The smallest absolute Gasteiger partial charge is 0.117 e. The number of hydrogen-bond donors (Lipinski definition) is 2. The van der Waals surface area contributed by atoms with E-state index < -0.39 is 12.2 Å². The van der Waals surface area contributed by atoms with E-state index in [0.717, 1.165) is 0 Å². The normalized spacial score (nSPS) is 20.6. The topological polar surface area (TPSA) is 40.5 Å². The second kappa shape index (κ2) is 6.93. The lowest BCUT2D eigenvalue weighted by atomic mass is 9.83. The fourth-order valence-electron chi connectivity index (χ4n) is 1.36. The third-order valence-electron chi connectivity index (χ3n) is 3.56. The molecule has 2 nitrogen and oxygen atoms in total. The van der Waals surface area contributed by atoms with Gasteiger partial charge in [0.05, 0.1) is 6.10 Å². The van der Waals surface area contributed by atoms with Crippen LogP contribution in [-0.4, -0.2) is 22.4 Å². The minimum absolute atomic E-state index is 0.0868. The summed E-state index contributed by atoms with van der Waals surface area (Å²) in [5.74, 6) is 6.80. The largest absolute Gasteiger partial charge is 0.392 e. The van der Waals surface area contributed by atoms with Gasteiger partial charge in [-0.05, 0) is 31.6 Å². The molecule has 0 aliphatic rings. The lowest BCUT2D eigenvalue weighted by Gasteiger charge is -2.25. The first-order valence-corrected chi connectivity index (χ1v) is 6.14. The van der Waals surface area contributed by atoms with Crippen LogP contribution in [0.2, 0.25) is 0 Å². The maximum Gasteiger partial charge on any atom is 0.117 e. The summed E-state index contributed by atoms with van der Waals surface area (Å²) < 4.78 is 0. The molecule has 0 aromatic rings. The maximum atomic E-state index is 9.91. The van der Waals surface area contributed by atoms with Crippen LogP contribution in [0.4, 0.5) is 0 Å². The molecule has 0 spiro atoms. The molecule has 94 valence electrons. The molecule has 5 atom stereocenters. The standard InChI is InChI=1S/C14H26O2/c1-9(2)11(4)12(5)14(16)8-7-10(3)13(6)15/h9-16H,1-6H3. The molecule has 0 rings (SSSR count). The summed E-state index contributed by atoms with van der Waals surface area (Å²) >= 11 is 0. The highest BCUT2D eigenvalue weighted by atomic mass is 16.3. The van der Waals surface area contributed by atoms with Crippen LogP contribution in [0.5, 0.6) is 0 Å². The second-order valence-electron chi connectivity index (χ2n) is 5.23. The molecule has 0 fully saturated rings. The van der Waals surface area contributed by atoms with Crippen molar-refractivity contribution in [2.45, 2.75) is 53.8 Å². The fraction of sp³-hybridized carbons (Fsp3) is 0.857. The molecule has 2 heteroatoms. The van der Waals surface area contributed by atoms with Crippen molar-refractivity contribution in [3.05, 3.63) is 0 Å². The Kier molecular flexibility index (Phi) is 6.71. The van der Waals surface area contributed by atoms with Crippen LogP contribution in [0, 0.1) is 35.5 Å². The number of hydrogen-bond acceptors (Lipinski definition) is 2. The van der Waals surface area contributed by atoms with Crippen molar-refractivity contribution in [2.24, 2.45) is 23.7 Å². The average molecular weight is 226 g/mol. The van der Waals surface area contributed by atoms with Crippen LogP contribution < -0.4 is 0 Å². The summed E-state index contributed by atoms with van der Waals surface area (Å²) in [5.41, 5.74) is 0. The van der Waals surface area contributed by atoms with Gasteiger partial charge in [-0.15, -0.1) is 0 Å². The van der Waals surface area contributed by atoms with Crippen molar-refractivity contribution in [3.8, 4) is 11.8 Å². The van der Waals surface area contributed by atoms with Crippen LogP contribution in [0.1, 0.15) is 41.5 Å². The van der Waals surface area contributed by atoms with Gasteiger partial charge in [0.2, 0.25) is 0 Å². The van der Waals surface area contributed by atoms with E-state index >= 15 is 0 Å². The highest BCUT2D eigenvalue weighted by molar-refractivity contribution is 5.09. The quantitative estimate of drug-likeness (QED) is 0.722. The molecule has 0 heterocycles. The van der Waals surface area contributed by atoms with Crippen molar-refractivity contribution >= 4 is 0 Å². The zero-order chi connectivity index (χ0) is 12.9. The second-order valence-corrected chi connectivity index (χ2v) is 5.23. The average Bonchev–Trinajstić information content (AvgIpc) is 2.22. The first-order valence-electron chi connectivity index (χ1n) is 6.14. The Morgan fingerprint density at radius 2 is 1.25 bits per heavy atom. The summed E-state index contributed by atoms with van der Waals surface area (Å²) in [7, 11) is 0. The summed E-state index contributed by atoms with van der Waals surface area (Å²) in [6, 6.07) is 0. The molecule has 0 radical (unpaired) electrons. The lowest BCUT2D eigenvalue weighted by Crippen LogP contribution is -2.26. The maximum absolute atomic E-state index is 9.91. The molecule has 0 amide bonds. The van der Waals surface area contributed by atoms with Gasteiger partial charge >= 0.3 is 0 Å². The van der Waals surface area contributed by atoms with Gasteiger partial charge in [0, 0.05) is 5.92 Å². The zero-order valence-corrected chi connectivity index (χ0v) is 11.4. The van der Waals surface area contributed by atoms with E-state index in [-0.39, 0.29) is 11.8 Å². The van der Waals surface area contributed by atoms with Gasteiger partial charge in [-0.25, -0.2) is 0 Å². The SMILES string of the molecule is CC(C)C(C)C(C)C(O)C#CC(C)C(C)O. The summed E-state index contributed by atoms with van der Waals surface area (Å²) in [5, 5.41) is 19.2. The molecule has 16 heavy (non-hydrogen) atoms. The first kappa shape index (κ1) is 15.5. The summed E-state index contributed by atoms with van der Waals surface area (Å²) in [6.45, 7) is 12.0. The molecule has 0 aromatic heterocycles. The van der Waals surface area contributed by atoms with Gasteiger partial charge in [-0.3, -0.25) is 0 Å². The van der Waals surface area contributed by atoms with Gasteiger partial charge < -0.3 is 10.2 Å². The molecule has 0 aromatic carbocycles. The van der Waals surface area contributed by atoms with Crippen LogP contribution in [0.3, 0.4) is 0 Å². The van der Waals surface area contributed by atoms with Crippen molar-refractivity contribution < 1.29 is 10.2 Å². The molecule has 0 saturated carbocycles. The monoisotopic (exact) mass is 226 g/mol. The molecule has 2 N–H and O–H groups in total. The Balaban J connectivity index is 4.40. The Morgan fingerprint density at radius 1 is 0.750 bits per heavy atom. The van der Waals surface area contributed by atoms with Crippen molar-refractivity contribution in [1.82, 2.24) is 0 Å². The van der Waals surface area contributed by atoms with Crippen LogP contribution in [0.25, 0.3) is 0 Å². The third kappa shape index (κ3) is 5.01. The first-order chi connectivity index (χ1) is 7.27. The Bertz CT molecular complexity index is 247. The lowest BCUT2D eigenvalue weighted by molar-refractivity contribution is 0.117. The molecular formula is C14H26O2. The van der Waals surface area contributed by atoms with E-state index in [4.69, 9.17) is 0 Å². The highest BCUT2D eigenvalue weighted by Crippen LogP contribution is 2.22. The van der Waals surface area contributed by atoms with Gasteiger partial charge in [-0.1, -0.05) is 39.5 Å². The van der Waals surface area contributed by atoms with Crippen LogP contribution in [0.15, 0.2) is 0 Å². The highest BCUT2D eigenvalue weighted by Gasteiger charge is 2.21. The van der Waals surface area contributed by atoms with E-state index in [9.17, 15) is 10.2 Å². The van der Waals surface area contributed by atoms with E-state index in [1.54, 1.807) is 6.92 Å². The minimum Gasteiger partial charge on any atom is -0.392 e. The van der Waals surface area contributed by atoms with E-state index in [0.29, 0.717) is 11.8 Å². The van der Waals surface area contributed by atoms with Crippen molar-refractivity contribution in [3.63, 3.8) is 0 Å². The van der Waals surface area contributed by atoms with Gasteiger partial charge in [0.25, 0.3) is 0 Å². The van der Waals surface area contributed by atoms with Crippen LogP contribution >= 0.6 is 0 Å². The number of rotatable bonds is 4. The zero-order valence-electron chi connectivity index (χ0n) is 11.4. The fourth-order valence-corrected chi connectivity index (χ4v) is 1.36. The van der Waals surface area contributed by atoms with Gasteiger partial charge in [0.1, 0.15) is 6.10 Å². The predicted octanol–water partition coefficient (Wildman–Crippen LogP) is 2.30. The Morgan fingerprint density at radius 3 is 1.62 bits per heavy atom. The van der Waals surface area contributed by atoms with E-state index in [1.807, 2.05) is 13.8 Å². The van der Waals surface area contributed by atoms with Crippen molar-refractivity contribution in [1.29, 1.82) is 0 Å².